The topological polar surface area (TPSA) is 98.6 Å². The van der Waals surface area contributed by atoms with E-state index in [0.717, 1.165) is 17.5 Å². The lowest BCUT2D eigenvalue weighted by Crippen LogP contribution is -2.33. The highest BCUT2D eigenvalue weighted by molar-refractivity contribution is 5.73. The summed E-state index contributed by atoms with van der Waals surface area (Å²) in [6.45, 7) is 2.04. The molecule has 0 saturated heterocycles. The summed E-state index contributed by atoms with van der Waals surface area (Å²) in [5.41, 5.74) is 13.4. The number of rotatable bonds is 6. The second-order valence-corrected chi connectivity index (χ2v) is 4.22. The van der Waals surface area contributed by atoms with Gasteiger partial charge in [0, 0.05) is 11.6 Å². The monoisotopic (exact) mass is 252 g/mol. The molecule has 2 unspecified atom stereocenters. The first kappa shape index (κ1) is 14.5. The van der Waals surface area contributed by atoms with Crippen LogP contribution in [0.4, 0.5) is 0 Å². The zero-order chi connectivity index (χ0) is 13.7. The van der Waals surface area contributed by atoms with Crippen LogP contribution in [0.3, 0.4) is 0 Å². The largest absolute Gasteiger partial charge is 0.496 e. The van der Waals surface area contributed by atoms with Gasteiger partial charge in [0.1, 0.15) is 11.8 Å². The van der Waals surface area contributed by atoms with Crippen LogP contribution in [-0.2, 0) is 11.2 Å². The molecular weight excluding hydrogens is 232 g/mol. The number of hydrogen-bond donors (Lipinski definition) is 3. The fraction of sp³-hybridized carbons (Fsp3) is 0.462. The highest BCUT2D eigenvalue weighted by atomic mass is 16.5. The summed E-state index contributed by atoms with van der Waals surface area (Å²) in [5.74, 6) is -0.381. The van der Waals surface area contributed by atoms with Crippen molar-refractivity contribution in [2.24, 2.45) is 11.5 Å². The standard InChI is InChI=1S/C13H20N2O3/c1-3-8-4-5-12(18-2)9(6-8)10(14)7-11(15)13(16)17/h4-6,10-11H,3,7,14-15H2,1-2H3,(H,16,17). The van der Waals surface area contributed by atoms with Crippen molar-refractivity contribution < 1.29 is 14.6 Å². The minimum absolute atomic E-state index is 0.179. The summed E-state index contributed by atoms with van der Waals surface area (Å²) in [6, 6.07) is 4.34. The Balaban J connectivity index is 2.95. The fourth-order valence-electron chi connectivity index (χ4n) is 1.79. The van der Waals surface area contributed by atoms with Crippen molar-refractivity contribution >= 4 is 5.97 Å². The lowest BCUT2D eigenvalue weighted by molar-refractivity contribution is -0.138. The number of carbonyl (C=O) groups is 1. The average molecular weight is 252 g/mol. The van der Waals surface area contributed by atoms with Crippen LogP contribution in [0.25, 0.3) is 0 Å². The second-order valence-electron chi connectivity index (χ2n) is 4.22. The number of methoxy groups -OCH3 is 1. The molecule has 0 bridgehead atoms. The highest BCUT2D eigenvalue weighted by Crippen LogP contribution is 2.27. The first-order valence-corrected chi connectivity index (χ1v) is 5.90. The van der Waals surface area contributed by atoms with Crippen LogP contribution in [-0.4, -0.2) is 24.2 Å². The molecule has 18 heavy (non-hydrogen) atoms. The Labute approximate surface area is 107 Å². The van der Waals surface area contributed by atoms with Crippen LogP contribution < -0.4 is 16.2 Å². The Kier molecular flexibility index (Phi) is 5.12. The van der Waals surface area contributed by atoms with E-state index >= 15 is 0 Å². The van der Waals surface area contributed by atoms with Crippen LogP contribution in [0.1, 0.15) is 30.5 Å². The molecule has 100 valence electrons. The van der Waals surface area contributed by atoms with Gasteiger partial charge in [0.05, 0.1) is 7.11 Å². The quantitative estimate of drug-likeness (QED) is 0.703. The zero-order valence-corrected chi connectivity index (χ0v) is 10.7. The molecule has 0 aliphatic rings. The number of nitrogens with two attached hydrogens (primary N) is 2. The molecule has 0 fully saturated rings. The van der Waals surface area contributed by atoms with Gasteiger partial charge in [-0.05, 0) is 24.5 Å². The first-order chi connectivity index (χ1) is 8.49. The number of benzene rings is 1. The van der Waals surface area contributed by atoms with Gasteiger partial charge in [0.15, 0.2) is 0 Å². The van der Waals surface area contributed by atoms with Crippen molar-refractivity contribution in [3.63, 3.8) is 0 Å². The van der Waals surface area contributed by atoms with Gasteiger partial charge in [-0.3, -0.25) is 4.79 Å². The minimum Gasteiger partial charge on any atom is -0.496 e. The van der Waals surface area contributed by atoms with Crippen LogP contribution >= 0.6 is 0 Å². The third kappa shape index (κ3) is 3.45. The van der Waals surface area contributed by atoms with E-state index in [0.29, 0.717) is 5.75 Å². The summed E-state index contributed by atoms with van der Waals surface area (Å²) in [4.78, 5) is 10.7. The summed E-state index contributed by atoms with van der Waals surface area (Å²) >= 11 is 0. The van der Waals surface area contributed by atoms with E-state index in [9.17, 15) is 4.79 Å². The Bertz CT molecular complexity index is 421. The van der Waals surface area contributed by atoms with Crippen LogP contribution in [0.2, 0.25) is 0 Å². The van der Waals surface area contributed by atoms with Crippen molar-refractivity contribution in [3.8, 4) is 5.75 Å². The number of carboxylic acids is 1. The predicted octanol–water partition coefficient (Wildman–Crippen LogP) is 1.06. The molecule has 0 saturated carbocycles. The van der Waals surface area contributed by atoms with Crippen molar-refractivity contribution in [2.45, 2.75) is 31.8 Å². The molecule has 5 N–H and O–H groups in total. The summed E-state index contributed by atoms with van der Waals surface area (Å²) in [7, 11) is 1.56. The number of hydrogen-bond acceptors (Lipinski definition) is 4. The fourth-order valence-corrected chi connectivity index (χ4v) is 1.79. The zero-order valence-electron chi connectivity index (χ0n) is 10.7. The van der Waals surface area contributed by atoms with Gasteiger partial charge in [-0.25, -0.2) is 0 Å². The van der Waals surface area contributed by atoms with Crippen molar-refractivity contribution in [1.29, 1.82) is 0 Å². The molecule has 0 aliphatic heterocycles. The van der Waals surface area contributed by atoms with Crippen molar-refractivity contribution in [1.82, 2.24) is 0 Å². The number of ether oxygens (including phenoxy) is 1. The van der Waals surface area contributed by atoms with E-state index in [-0.39, 0.29) is 6.42 Å². The summed E-state index contributed by atoms with van der Waals surface area (Å²) in [5, 5.41) is 8.79. The van der Waals surface area contributed by atoms with E-state index < -0.39 is 18.1 Å². The highest BCUT2D eigenvalue weighted by Gasteiger charge is 2.19. The Morgan fingerprint density at radius 1 is 1.44 bits per heavy atom. The molecule has 1 aromatic rings. The molecule has 5 nitrogen and oxygen atoms in total. The average Bonchev–Trinajstić information content (AvgIpc) is 2.37. The maximum atomic E-state index is 10.7. The lowest BCUT2D eigenvalue weighted by atomic mass is 9.97. The van der Waals surface area contributed by atoms with Crippen LogP contribution in [0.5, 0.6) is 5.75 Å². The molecule has 2 atom stereocenters. The van der Waals surface area contributed by atoms with Crippen LogP contribution in [0, 0.1) is 0 Å². The second kappa shape index (κ2) is 6.37. The van der Waals surface area contributed by atoms with Gasteiger partial charge in [0.2, 0.25) is 0 Å². The van der Waals surface area contributed by atoms with Gasteiger partial charge >= 0.3 is 5.97 Å². The van der Waals surface area contributed by atoms with E-state index in [2.05, 4.69) is 0 Å². The van der Waals surface area contributed by atoms with Gasteiger partial charge in [-0.15, -0.1) is 0 Å². The van der Waals surface area contributed by atoms with E-state index in [1.54, 1.807) is 7.11 Å². The molecule has 0 spiro atoms. The lowest BCUT2D eigenvalue weighted by Gasteiger charge is -2.18. The van der Waals surface area contributed by atoms with Crippen molar-refractivity contribution in [3.05, 3.63) is 29.3 Å². The smallest absolute Gasteiger partial charge is 0.320 e. The third-order valence-corrected chi connectivity index (χ3v) is 2.93. The maximum Gasteiger partial charge on any atom is 0.320 e. The first-order valence-electron chi connectivity index (χ1n) is 5.90. The molecule has 0 aliphatic carbocycles. The Hall–Kier alpha value is -1.59. The van der Waals surface area contributed by atoms with Gasteiger partial charge in [0.25, 0.3) is 0 Å². The maximum absolute atomic E-state index is 10.7. The third-order valence-electron chi connectivity index (χ3n) is 2.93. The van der Waals surface area contributed by atoms with E-state index in [1.807, 2.05) is 25.1 Å². The number of carboxylic acid groups (broad SMARTS) is 1. The molecule has 0 aromatic heterocycles. The molecule has 5 heteroatoms. The molecule has 0 amide bonds. The summed E-state index contributed by atoms with van der Waals surface area (Å²) in [6.07, 6.45) is 1.06. The molecule has 1 aromatic carbocycles. The molecule has 1 rings (SSSR count). The Morgan fingerprint density at radius 2 is 2.11 bits per heavy atom. The van der Waals surface area contributed by atoms with Crippen LogP contribution in [0.15, 0.2) is 18.2 Å². The van der Waals surface area contributed by atoms with E-state index in [1.165, 1.54) is 0 Å². The normalized spacial score (nSPS) is 14.0. The predicted molar refractivity (Wildman–Crippen MR) is 69.5 cm³/mol. The molecule has 0 heterocycles. The summed E-state index contributed by atoms with van der Waals surface area (Å²) < 4.78 is 5.24. The SMILES string of the molecule is CCc1ccc(OC)c(C(N)CC(N)C(=O)O)c1. The minimum atomic E-state index is -1.05. The van der Waals surface area contributed by atoms with Gasteiger partial charge in [-0.2, -0.15) is 0 Å². The number of aliphatic carboxylic acids is 1. The number of aryl methyl sites for hydroxylation is 1. The van der Waals surface area contributed by atoms with Gasteiger partial charge in [-0.1, -0.05) is 19.1 Å². The molecule has 0 radical (unpaired) electrons. The molecular formula is C13H20N2O3. The van der Waals surface area contributed by atoms with E-state index in [4.69, 9.17) is 21.3 Å². The Morgan fingerprint density at radius 3 is 2.61 bits per heavy atom. The van der Waals surface area contributed by atoms with Crippen molar-refractivity contribution in [2.75, 3.05) is 7.11 Å². The van der Waals surface area contributed by atoms with Gasteiger partial charge < -0.3 is 21.3 Å².